The lowest BCUT2D eigenvalue weighted by Gasteiger charge is -2.05. The summed E-state index contributed by atoms with van der Waals surface area (Å²) in [6.07, 6.45) is 0.291. The summed E-state index contributed by atoms with van der Waals surface area (Å²) in [6.45, 7) is 0.279. The van der Waals surface area contributed by atoms with Crippen molar-refractivity contribution in [2.45, 2.75) is 6.42 Å². The Morgan fingerprint density at radius 3 is 2.86 bits per heavy atom. The summed E-state index contributed by atoms with van der Waals surface area (Å²) in [5.41, 5.74) is 6.83. The second kappa shape index (κ2) is 7.58. The normalized spacial score (nSPS) is 9.62. The first-order chi connectivity index (χ1) is 10.2. The molecule has 1 amide bonds. The second-order valence-electron chi connectivity index (χ2n) is 4.27. The Bertz CT molecular complexity index is 704. The molecular formula is C16H14BrN3O. The minimum absolute atomic E-state index is 0.121. The summed E-state index contributed by atoms with van der Waals surface area (Å²) in [6, 6.07) is 12.9. The van der Waals surface area contributed by atoms with Gasteiger partial charge in [-0.25, -0.2) is 4.98 Å². The summed E-state index contributed by atoms with van der Waals surface area (Å²) in [5, 5.41) is 2.76. The van der Waals surface area contributed by atoms with Crippen LogP contribution < -0.4 is 11.1 Å². The highest BCUT2D eigenvalue weighted by Gasteiger charge is 2.05. The summed E-state index contributed by atoms with van der Waals surface area (Å²) in [5.74, 6) is 5.92. The van der Waals surface area contributed by atoms with Crippen molar-refractivity contribution in [1.82, 2.24) is 4.98 Å². The monoisotopic (exact) mass is 343 g/mol. The maximum Gasteiger partial charge on any atom is 0.229 e. The van der Waals surface area contributed by atoms with Gasteiger partial charge in [-0.2, -0.15) is 0 Å². The van der Waals surface area contributed by atoms with E-state index in [0.29, 0.717) is 17.9 Å². The van der Waals surface area contributed by atoms with Gasteiger partial charge in [0, 0.05) is 4.47 Å². The highest BCUT2D eigenvalue weighted by molar-refractivity contribution is 9.10. The Morgan fingerprint density at radius 1 is 1.29 bits per heavy atom. The number of rotatable bonds is 3. The molecular weight excluding hydrogens is 330 g/mol. The first-order valence-corrected chi connectivity index (χ1v) is 7.17. The molecule has 106 valence electrons. The number of amides is 1. The van der Waals surface area contributed by atoms with Crippen LogP contribution in [0.4, 0.5) is 5.82 Å². The van der Waals surface area contributed by atoms with Crippen LogP contribution in [0.25, 0.3) is 0 Å². The van der Waals surface area contributed by atoms with Gasteiger partial charge >= 0.3 is 0 Å². The van der Waals surface area contributed by atoms with Crippen molar-refractivity contribution < 1.29 is 4.79 Å². The van der Waals surface area contributed by atoms with Gasteiger partial charge in [-0.1, -0.05) is 40.0 Å². The van der Waals surface area contributed by atoms with Crippen LogP contribution in [-0.4, -0.2) is 17.4 Å². The van der Waals surface area contributed by atoms with Crippen molar-refractivity contribution in [3.63, 3.8) is 0 Å². The second-order valence-corrected chi connectivity index (χ2v) is 5.18. The van der Waals surface area contributed by atoms with E-state index in [1.807, 2.05) is 24.3 Å². The molecule has 21 heavy (non-hydrogen) atoms. The molecule has 1 heterocycles. The smallest absolute Gasteiger partial charge is 0.229 e. The van der Waals surface area contributed by atoms with Gasteiger partial charge in [0.15, 0.2) is 0 Å². The summed E-state index contributed by atoms with van der Waals surface area (Å²) in [7, 11) is 0. The molecule has 1 aromatic carbocycles. The Hall–Kier alpha value is -2.16. The van der Waals surface area contributed by atoms with Crippen LogP contribution in [0.1, 0.15) is 11.3 Å². The predicted molar refractivity (Wildman–Crippen MR) is 86.6 cm³/mol. The fourth-order valence-electron chi connectivity index (χ4n) is 1.73. The van der Waals surface area contributed by atoms with Crippen molar-refractivity contribution in [2.24, 2.45) is 5.73 Å². The molecule has 0 radical (unpaired) electrons. The molecule has 5 heteroatoms. The zero-order chi connectivity index (χ0) is 15.1. The van der Waals surface area contributed by atoms with Gasteiger partial charge in [0.1, 0.15) is 11.5 Å². The molecule has 0 fully saturated rings. The van der Waals surface area contributed by atoms with Crippen molar-refractivity contribution in [2.75, 3.05) is 11.9 Å². The number of pyridine rings is 1. The quantitative estimate of drug-likeness (QED) is 0.840. The number of hydrogen-bond donors (Lipinski definition) is 2. The predicted octanol–water partition coefficient (Wildman–Crippen LogP) is 2.34. The Kier molecular flexibility index (Phi) is 5.50. The molecule has 0 bridgehead atoms. The molecule has 0 atom stereocenters. The molecule has 0 saturated heterocycles. The molecule has 2 rings (SSSR count). The summed E-state index contributed by atoms with van der Waals surface area (Å²) >= 11 is 3.38. The number of carbonyl (C=O) groups is 1. The number of hydrogen-bond acceptors (Lipinski definition) is 3. The van der Waals surface area contributed by atoms with E-state index in [2.05, 4.69) is 38.1 Å². The van der Waals surface area contributed by atoms with E-state index in [1.165, 1.54) is 0 Å². The van der Waals surface area contributed by atoms with E-state index in [-0.39, 0.29) is 12.5 Å². The lowest BCUT2D eigenvalue weighted by Crippen LogP contribution is -2.15. The number of nitrogens with two attached hydrogens (primary N) is 1. The minimum atomic E-state index is -0.121. The molecule has 2 aromatic rings. The van der Waals surface area contributed by atoms with Gasteiger partial charge in [0.05, 0.1) is 13.0 Å². The number of nitrogens with zero attached hydrogens (tertiary/aromatic N) is 1. The van der Waals surface area contributed by atoms with Crippen LogP contribution in [0.3, 0.4) is 0 Å². The maximum absolute atomic E-state index is 12.0. The van der Waals surface area contributed by atoms with Crippen molar-refractivity contribution in [3.8, 4) is 11.8 Å². The van der Waals surface area contributed by atoms with E-state index in [9.17, 15) is 4.79 Å². The SMILES string of the molecule is NCC#Cc1cccc(NC(=O)Cc2cccc(Br)c2)n1. The fraction of sp³-hybridized carbons (Fsp3) is 0.125. The van der Waals surface area contributed by atoms with Crippen LogP contribution >= 0.6 is 15.9 Å². The number of halogens is 1. The third-order valence-corrected chi connectivity index (χ3v) is 3.08. The third-order valence-electron chi connectivity index (χ3n) is 2.59. The molecule has 0 saturated carbocycles. The largest absolute Gasteiger partial charge is 0.320 e. The molecule has 1 aromatic heterocycles. The van der Waals surface area contributed by atoms with E-state index >= 15 is 0 Å². The maximum atomic E-state index is 12.0. The topological polar surface area (TPSA) is 68.0 Å². The Morgan fingerprint density at radius 2 is 2.10 bits per heavy atom. The zero-order valence-electron chi connectivity index (χ0n) is 11.3. The molecule has 0 aliphatic rings. The number of anilines is 1. The molecule has 0 aliphatic carbocycles. The van der Waals surface area contributed by atoms with Gasteiger partial charge in [-0.15, -0.1) is 0 Å². The van der Waals surface area contributed by atoms with Crippen molar-refractivity contribution in [3.05, 3.63) is 58.2 Å². The fourth-order valence-corrected chi connectivity index (χ4v) is 2.18. The van der Waals surface area contributed by atoms with Gasteiger partial charge in [0.2, 0.25) is 5.91 Å². The van der Waals surface area contributed by atoms with Gasteiger partial charge in [-0.3, -0.25) is 4.79 Å². The van der Waals surface area contributed by atoms with E-state index < -0.39 is 0 Å². The van der Waals surface area contributed by atoms with Gasteiger partial charge in [-0.05, 0) is 35.7 Å². The standard InChI is InChI=1S/C16H14BrN3O/c17-13-5-1-4-12(10-13)11-16(21)20-15-8-2-6-14(19-15)7-3-9-18/h1-2,4-6,8,10H,9,11,18H2,(H,19,20,21). The molecule has 0 unspecified atom stereocenters. The first kappa shape index (κ1) is 15.2. The van der Waals surface area contributed by atoms with Crippen molar-refractivity contribution in [1.29, 1.82) is 0 Å². The highest BCUT2D eigenvalue weighted by Crippen LogP contribution is 2.13. The molecule has 3 N–H and O–H groups in total. The van der Waals surface area contributed by atoms with E-state index in [1.54, 1.807) is 18.2 Å². The summed E-state index contributed by atoms with van der Waals surface area (Å²) in [4.78, 5) is 16.2. The first-order valence-electron chi connectivity index (χ1n) is 6.37. The number of benzene rings is 1. The van der Waals surface area contributed by atoms with Crippen LogP contribution in [0.5, 0.6) is 0 Å². The van der Waals surface area contributed by atoms with Gasteiger partial charge in [0.25, 0.3) is 0 Å². The third kappa shape index (κ3) is 5.03. The number of nitrogens with one attached hydrogen (secondary N) is 1. The Balaban J connectivity index is 2.02. The van der Waals surface area contributed by atoms with E-state index in [0.717, 1.165) is 10.0 Å². The van der Waals surface area contributed by atoms with Crippen molar-refractivity contribution >= 4 is 27.7 Å². The van der Waals surface area contributed by atoms with E-state index in [4.69, 9.17) is 5.73 Å². The van der Waals surface area contributed by atoms with Crippen LogP contribution in [0, 0.1) is 11.8 Å². The lowest BCUT2D eigenvalue weighted by molar-refractivity contribution is -0.115. The molecule has 0 spiro atoms. The van der Waals surface area contributed by atoms with Crippen LogP contribution in [-0.2, 0) is 11.2 Å². The molecule has 4 nitrogen and oxygen atoms in total. The number of carbonyl (C=O) groups excluding carboxylic acids is 1. The zero-order valence-corrected chi connectivity index (χ0v) is 12.9. The summed E-state index contributed by atoms with van der Waals surface area (Å²) < 4.78 is 0.949. The minimum Gasteiger partial charge on any atom is -0.320 e. The average molecular weight is 344 g/mol. The highest BCUT2D eigenvalue weighted by atomic mass is 79.9. The van der Waals surface area contributed by atoms with Crippen LogP contribution in [0.2, 0.25) is 0 Å². The van der Waals surface area contributed by atoms with Gasteiger partial charge < -0.3 is 11.1 Å². The lowest BCUT2D eigenvalue weighted by atomic mass is 10.1. The Labute approximate surface area is 131 Å². The number of aromatic nitrogens is 1. The average Bonchev–Trinajstić information content (AvgIpc) is 2.45. The molecule has 0 aliphatic heterocycles. The van der Waals surface area contributed by atoms with Crippen LogP contribution in [0.15, 0.2) is 46.9 Å².